The Balaban J connectivity index is 2.28. The van der Waals surface area contributed by atoms with Gasteiger partial charge < -0.3 is 15.0 Å². The SMILES string of the molecule is C=CCOC(=O)c1cc(NC)ccc1N1CCCCC1. The summed E-state index contributed by atoms with van der Waals surface area (Å²) in [4.78, 5) is 14.5. The van der Waals surface area contributed by atoms with E-state index in [4.69, 9.17) is 4.74 Å². The van der Waals surface area contributed by atoms with Gasteiger partial charge in [0.25, 0.3) is 0 Å². The number of carbonyl (C=O) groups is 1. The molecule has 0 aliphatic carbocycles. The van der Waals surface area contributed by atoms with Crippen LogP contribution in [-0.2, 0) is 4.74 Å². The first-order valence-corrected chi connectivity index (χ1v) is 7.11. The van der Waals surface area contributed by atoms with Gasteiger partial charge in [0, 0.05) is 25.8 Å². The van der Waals surface area contributed by atoms with Gasteiger partial charge in [-0.05, 0) is 37.5 Å². The Hall–Kier alpha value is -1.97. The van der Waals surface area contributed by atoms with Crippen molar-refractivity contribution in [3.63, 3.8) is 0 Å². The standard InChI is InChI=1S/C16H22N2O2/c1-3-11-20-16(19)14-12-13(17-2)7-8-15(14)18-9-5-4-6-10-18/h3,7-8,12,17H,1,4-6,9-11H2,2H3. The highest BCUT2D eigenvalue weighted by Gasteiger charge is 2.19. The fourth-order valence-corrected chi connectivity index (χ4v) is 2.48. The number of nitrogens with one attached hydrogen (secondary N) is 1. The highest BCUT2D eigenvalue weighted by molar-refractivity contribution is 5.97. The molecule has 2 rings (SSSR count). The minimum Gasteiger partial charge on any atom is -0.458 e. The average molecular weight is 274 g/mol. The summed E-state index contributed by atoms with van der Waals surface area (Å²) < 4.78 is 5.20. The van der Waals surface area contributed by atoms with Crippen LogP contribution in [0, 0.1) is 0 Å². The van der Waals surface area contributed by atoms with E-state index in [2.05, 4.69) is 16.8 Å². The molecule has 0 aromatic heterocycles. The molecule has 1 aromatic carbocycles. The van der Waals surface area contributed by atoms with Gasteiger partial charge in [-0.3, -0.25) is 0 Å². The molecule has 1 aromatic rings. The molecule has 4 heteroatoms. The summed E-state index contributed by atoms with van der Waals surface area (Å²) in [6.45, 7) is 5.81. The second-order valence-electron chi connectivity index (χ2n) is 4.92. The molecule has 0 radical (unpaired) electrons. The second kappa shape index (κ2) is 6.98. The summed E-state index contributed by atoms with van der Waals surface area (Å²) in [5, 5.41) is 3.06. The molecular weight excluding hydrogens is 252 g/mol. The Morgan fingerprint density at radius 3 is 2.80 bits per heavy atom. The highest BCUT2D eigenvalue weighted by Crippen LogP contribution is 2.27. The lowest BCUT2D eigenvalue weighted by atomic mass is 10.1. The van der Waals surface area contributed by atoms with Gasteiger partial charge in [-0.25, -0.2) is 4.79 Å². The Morgan fingerprint density at radius 1 is 1.40 bits per heavy atom. The van der Waals surface area contributed by atoms with E-state index in [-0.39, 0.29) is 12.6 Å². The van der Waals surface area contributed by atoms with Crippen molar-refractivity contribution in [2.75, 3.05) is 37.0 Å². The Bertz CT molecular complexity index is 479. The fourth-order valence-electron chi connectivity index (χ4n) is 2.48. The minimum absolute atomic E-state index is 0.238. The number of anilines is 2. The lowest BCUT2D eigenvalue weighted by Crippen LogP contribution is -2.31. The lowest BCUT2D eigenvalue weighted by Gasteiger charge is -2.30. The van der Waals surface area contributed by atoms with Crippen LogP contribution in [0.15, 0.2) is 30.9 Å². The number of carbonyl (C=O) groups excluding carboxylic acids is 1. The molecule has 1 heterocycles. The first kappa shape index (κ1) is 14.4. The zero-order valence-corrected chi connectivity index (χ0v) is 12.0. The summed E-state index contributed by atoms with van der Waals surface area (Å²) in [6, 6.07) is 5.85. The summed E-state index contributed by atoms with van der Waals surface area (Å²) >= 11 is 0. The van der Waals surface area contributed by atoms with Crippen molar-refractivity contribution in [3.05, 3.63) is 36.4 Å². The number of nitrogens with zero attached hydrogens (tertiary/aromatic N) is 1. The molecule has 0 saturated carbocycles. The summed E-state index contributed by atoms with van der Waals surface area (Å²) in [5.74, 6) is -0.289. The number of ether oxygens (including phenoxy) is 1. The monoisotopic (exact) mass is 274 g/mol. The number of piperidine rings is 1. The van der Waals surface area contributed by atoms with Gasteiger partial charge in [0.15, 0.2) is 0 Å². The smallest absolute Gasteiger partial charge is 0.340 e. The zero-order chi connectivity index (χ0) is 14.4. The molecule has 4 nitrogen and oxygen atoms in total. The number of hydrogen-bond donors (Lipinski definition) is 1. The van der Waals surface area contributed by atoms with Crippen LogP contribution >= 0.6 is 0 Å². The van der Waals surface area contributed by atoms with Crippen molar-refractivity contribution in [3.8, 4) is 0 Å². The molecule has 1 aliphatic rings. The van der Waals surface area contributed by atoms with Gasteiger partial charge in [-0.1, -0.05) is 12.7 Å². The van der Waals surface area contributed by atoms with E-state index in [9.17, 15) is 4.79 Å². The first-order chi connectivity index (χ1) is 9.76. The number of esters is 1. The van der Waals surface area contributed by atoms with Crippen molar-refractivity contribution in [2.24, 2.45) is 0 Å². The molecule has 1 saturated heterocycles. The zero-order valence-electron chi connectivity index (χ0n) is 12.0. The molecule has 0 atom stereocenters. The lowest BCUT2D eigenvalue weighted by molar-refractivity contribution is 0.0550. The van der Waals surface area contributed by atoms with Crippen LogP contribution in [-0.4, -0.2) is 32.7 Å². The number of benzene rings is 1. The maximum atomic E-state index is 12.2. The molecule has 108 valence electrons. The third kappa shape index (κ3) is 3.32. The van der Waals surface area contributed by atoms with E-state index in [1.54, 1.807) is 6.08 Å². The van der Waals surface area contributed by atoms with Crippen LogP contribution < -0.4 is 10.2 Å². The molecule has 0 bridgehead atoms. The number of rotatable bonds is 5. The minimum atomic E-state index is -0.289. The van der Waals surface area contributed by atoms with Crippen LogP contribution in [0.25, 0.3) is 0 Å². The van der Waals surface area contributed by atoms with E-state index in [1.807, 2.05) is 25.2 Å². The summed E-state index contributed by atoms with van der Waals surface area (Å²) in [6.07, 6.45) is 5.20. The van der Waals surface area contributed by atoms with E-state index >= 15 is 0 Å². The van der Waals surface area contributed by atoms with Crippen molar-refractivity contribution in [1.82, 2.24) is 0 Å². The van der Waals surface area contributed by atoms with Crippen LogP contribution in [0.4, 0.5) is 11.4 Å². The second-order valence-corrected chi connectivity index (χ2v) is 4.92. The van der Waals surface area contributed by atoms with Gasteiger partial charge in [-0.15, -0.1) is 0 Å². The van der Waals surface area contributed by atoms with Gasteiger partial charge in [0.05, 0.1) is 11.3 Å². The molecule has 1 aliphatic heterocycles. The summed E-state index contributed by atoms with van der Waals surface area (Å²) in [7, 11) is 1.84. The van der Waals surface area contributed by atoms with E-state index in [0.29, 0.717) is 5.56 Å². The first-order valence-electron chi connectivity index (χ1n) is 7.11. The van der Waals surface area contributed by atoms with Crippen LogP contribution in [0.5, 0.6) is 0 Å². The van der Waals surface area contributed by atoms with E-state index in [1.165, 1.54) is 19.3 Å². The van der Waals surface area contributed by atoms with Crippen molar-refractivity contribution in [1.29, 1.82) is 0 Å². The molecule has 20 heavy (non-hydrogen) atoms. The van der Waals surface area contributed by atoms with Crippen molar-refractivity contribution < 1.29 is 9.53 Å². The van der Waals surface area contributed by atoms with Gasteiger partial charge >= 0.3 is 5.97 Å². The Labute approximate surface area is 120 Å². The van der Waals surface area contributed by atoms with Crippen LogP contribution in [0.1, 0.15) is 29.6 Å². The van der Waals surface area contributed by atoms with Gasteiger partial charge in [0.2, 0.25) is 0 Å². The third-order valence-corrected chi connectivity index (χ3v) is 3.53. The molecular formula is C16H22N2O2. The Morgan fingerprint density at radius 2 is 2.15 bits per heavy atom. The maximum absolute atomic E-state index is 12.2. The van der Waals surface area contributed by atoms with E-state index in [0.717, 1.165) is 24.5 Å². The van der Waals surface area contributed by atoms with Crippen LogP contribution in [0.2, 0.25) is 0 Å². The van der Waals surface area contributed by atoms with Crippen molar-refractivity contribution >= 4 is 17.3 Å². The molecule has 1 fully saturated rings. The van der Waals surface area contributed by atoms with Gasteiger partial charge in [-0.2, -0.15) is 0 Å². The Kier molecular flexibility index (Phi) is 5.04. The van der Waals surface area contributed by atoms with Crippen molar-refractivity contribution in [2.45, 2.75) is 19.3 Å². The predicted octanol–water partition coefficient (Wildman–Crippen LogP) is 3.06. The fraction of sp³-hybridized carbons (Fsp3) is 0.438. The number of hydrogen-bond acceptors (Lipinski definition) is 4. The largest absolute Gasteiger partial charge is 0.458 e. The van der Waals surface area contributed by atoms with Gasteiger partial charge in [0.1, 0.15) is 6.61 Å². The normalized spacial score (nSPS) is 14.8. The quantitative estimate of drug-likeness (QED) is 0.662. The molecule has 1 N–H and O–H groups in total. The highest BCUT2D eigenvalue weighted by atomic mass is 16.5. The maximum Gasteiger partial charge on any atom is 0.340 e. The summed E-state index contributed by atoms with van der Waals surface area (Å²) in [5.41, 5.74) is 2.51. The molecule has 0 unspecified atom stereocenters. The topological polar surface area (TPSA) is 41.6 Å². The van der Waals surface area contributed by atoms with Crippen LogP contribution in [0.3, 0.4) is 0 Å². The van der Waals surface area contributed by atoms with E-state index < -0.39 is 0 Å². The molecule has 0 spiro atoms. The predicted molar refractivity (Wildman–Crippen MR) is 82.5 cm³/mol. The average Bonchev–Trinajstić information content (AvgIpc) is 2.52. The molecule has 0 amide bonds. The third-order valence-electron chi connectivity index (χ3n) is 3.53.